The van der Waals surface area contributed by atoms with Gasteiger partial charge >= 0.3 is 12.1 Å². The molecule has 4 rings (SSSR count). The minimum atomic E-state index is -5.08. The number of alkyl halides is 3. The molecule has 1 aromatic heterocycles. The molecule has 3 fully saturated rings. The first kappa shape index (κ1) is 24.4. The second kappa shape index (κ2) is 10.6. The van der Waals surface area contributed by atoms with E-state index in [-0.39, 0.29) is 11.3 Å². The van der Waals surface area contributed by atoms with Crippen molar-refractivity contribution in [2.24, 2.45) is 17.3 Å². The Morgan fingerprint density at radius 1 is 1.25 bits per heavy atom. The fraction of sp³-hybridized carbons (Fsp3) is 0.667. The number of pyridine rings is 1. The van der Waals surface area contributed by atoms with Crippen LogP contribution in [0.2, 0.25) is 0 Å². The molecular formula is C21H27F3N2O6. The Balaban J connectivity index is 0.000000360. The molecular weight excluding hydrogens is 433 g/mol. The second-order valence-electron chi connectivity index (χ2n) is 8.35. The SMILES string of the molecule is O=C(O)C(F)(F)F.O=C(c1ccccn1)N1C[C@@H]2COC[C@]2(COCC2CCOCC2)C1. The zero-order chi connectivity index (χ0) is 23.2. The second-order valence-corrected chi connectivity index (χ2v) is 8.35. The van der Waals surface area contributed by atoms with E-state index in [0.29, 0.717) is 43.9 Å². The molecule has 1 amide bonds. The molecule has 0 radical (unpaired) electrons. The number of hydrogen-bond acceptors (Lipinski definition) is 6. The number of hydrogen-bond donors (Lipinski definition) is 1. The van der Waals surface area contributed by atoms with Crippen molar-refractivity contribution < 1.29 is 42.1 Å². The fourth-order valence-corrected chi connectivity index (χ4v) is 4.18. The first-order chi connectivity index (χ1) is 15.2. The largest absolute Gasteiger partial charge is 0.490 e. The number of ether oxygens (including phenoxy) is 3. The summed E-state index contributed by atoms with van der Waals surface area (Å²) in [6, 6.07) is 5.46. The highest BCUT2D eigenvalue weighted by Gasteiger charge is 2.52. The molecule has 0 aliphatic carbocycles. The molecule has 3 aliphatic rings. The Hall–Kier alpha value is -2.24. The van der Waals surface area contributed by atoms with Crippen LogP contribution in [0.5, 0.6) is 0 Å². The molecule has 2 atom stereocenters. The zero-order valence-electron chi connectivity index (χ0n) is 17.6. The summed E-state index contributed by atoms with van der Waals surface area (Å²) in [5.41, 5.74) is 0.456. The van der Waals surface area contributed by atoms with Gasteiger partial charge < -0.3 is 24.2 Å². The number of carboxylic acids is 1. The molecule has 178 valence electrons. The average molecular weight is 460 g/mol. The molecule has 1 aromatic rings. The molecule has 0 saturated carbocycles. The molecule has 32 heavy (non-hydrogen) atoms. The van der Waals surface area contributed by atoms with Gasteiger partial charge in [0.25, 0.3) is 5.91 Å². The monoisotopic (exact) mass is 460 g/mol. The van der Waals surface area contributed by atoms with Crippen molar-refractivity contribution in [2.75, 3.05) is 52.7 Å². The lowest BCUT2D eigenvalue weighted by Gasteiger charge is -2.29. The number of fused-ring (bicyclic) bond motifs is 1. The van der Waals surface area contributed by atoms with Crippen molar-refractivity contribution in [3.63, 3.8) is 0 Å². The summed E-state index contributed by atoms with van der Waals surface area (Å²) in [7, 11) is 0. The Kier molecular flexibility index (Phi) is 8.07. The van der Waals surface area contributed by atoms with Crippen LogP contribution in [0.15, 0.2) is 24.4 Å². The van der Waals surface area contributed by atoms with Crippen LogP contribution in [-0.2, 0) is 19.0 Å². The van der Waals surface area contributed by atoms with Crippen LogP contribution in [-0.4, -0.2) is 85.8 Å². The van der Waals surface area contributed by atoms with Gasteiger partial charge in [-0.15, -0.1) is 0 Å². The standard InChI is InChI=1S/C19H26N2O4.C2HF3O2/c22-18(17-3-1-2-6-20-17)21-9-16-11-25-14-19(16,12-21)13-24-10-15-4-7-23-8-5-15;3-2(4,5)1(6)7/h1-3,6,15-16H,4-5,7-14H2;(H,6,7)/t16-,19-;/m1./s1. The van der Waals surface area contributed by atoms with Crippen LogP contribution in [0, 0.1) is 17.3 Å². The van der Waals surface area contributed by atoms with Crippen molar-refractivity contribution in [1.82, 2.24) is 9.88 Å². The number of aromatic nitrogens is 1. The minimum Gasteiger partial charge on any atom is -0.475 e. The number of carbonyl (C=O) groups is 2. The van der Waals surface area contributed by atoms with Gasteiger partial charge in [-0.1, -0.05) is 6.07 Å². The molecule has 0 bridgehead atoms. The smallest absolute Gasteiger partial charge is 0.475 e. The molecule has 11 heteroatoms. The van der Waals surface area contributed by atoms with Crippen molar-refractivity contribution in [1.29, 1.82) is 0 Å². The fourth-order valence-electron chi connectivity index (χ4n) is 4.18. The molecule has 3 aliphatic heterocycles. The van der Waals surface area contributed by atoms with Gasteiger partial charge in [0.05, 0.1) is 19.8 Å². The lowest BCUT2D eigenvalue weighted by atomic mass is 9.82. The van der Waals surface area contributed by atoms with Crippen LogP contribution >= 0.6 is 0 Å². The average Bonchev–Trinajstić information content (AvgIpc) is 3.32. The molecule has 8 nitrogen and oxygen atoms in total. The highest BCUT2D eigenvalue weighted by atomic mass is 19.4. The van der Waals surface area contributed by atoms with E-state index < -0.39 is 12.1 Å². The summed E-state index contributed by atoms with van der Waals surface area (Å²) in [5.74, 6) is -1.79. The number of amides is 1. The molecule has 0 spiro atoms. The third kappa shape index (κ3) is 6.17. The van der Waals surface area contributed by atoms with Crippen molar-refractivity contribution in [2.45, 2.75) is 19.0 Å². The third-order valence-electron chi connectivity index (χ3n) is 6.02. The van der Waals surface area contributed by atoms with Gasteiger partial charge in [-0.3, -0.25) is 9.78 Å². The first-order valence-electron chi connectivity index (χ1n) is 10.4. The van der Waals surface area contributed by atoms with Crippen molar-refractivity contribution >= 4 is 11.9 Å². The summed E-state index contributed by atoms with van der Waals surface area (Å²) in [6.07, 6.45) is -1.26. The highest BCUT2D eigenvalue weighted by Crippen LogP contribution is 2.42. The van der Waals surface area contributed by atoms with Gasteiger partial charge in [0.1, 0.15) is 5.69 Å². The third-order valence-corrected chi connectivity index (χ3v) is 6.02. The molecule has 0 unspecified atom stereocenters. The topological polar surface area (TPSA) is 98.2 Å². The maximum Gasteiger partial charge on any atom is 0.490 e. The molecule has 0 aromatic carbocycles. The maximum atomic E-state index is 12.7. The van der Waals surface area contributed by atoms with E-state index in [9.17, 15) is 18.0 Å². The number of rotatable bonds is 5. The highest BCUT2D eigenvalue weighted by molar-refractivity contribution is 5.92. The van der Waals surface area contributed by atoms with Gasteiger partial charge in [0, 0.05) is 50.4 Å². The van der Waals surface area contributed by atoms with Crippen molar-refractivity contribution in [3.05, 3.63) is 30.1 Å². The van der Waals surface area contributed by atoms with E-state index >= 15 is 0 Å². The van der Waals surface area contributed by atoms with Crippen molar-refractivity contribution in [3.8, 4) is 0 Å². The van der Waals surface area contributed by atoms with Crippen LogP contribution < -0.4 is 0 Å². The van der Waals surface area contributed by atoms with E-state index in [2.05, 4.69) is 4.98 Å². The normalized spacial score (nSPS) is 25.7. The van der Waals surface area contributed by atoms with Gasteiger partial charge in [0.15, 0.2) is 0 Å². The number of nitrogens with zero attached hydrogens (tertiary/aromatic N) is 2. The summed E-state index contributed by atoms with van der Waals surface area (Å²) < 4.78 is 49.0. The van der Waals surface area contributed by atoms with Crippen LogP contribution in [0.3, 0.4) is 0 Å². The first-order valence-corrected chi connectivity index (χ1v) is 10.4. The van der Waals surface area contributed by atoms with E-state index in [1.807, 2.05) is 17.0 Å². The van der Waals surface area contributed by atoms with Gasteiger partial charge in [-0.25, -0.2) is 4.79 Å². The summed E-state index contributed by atoms with van der Waals surface area (Å²) in [5, 5.41) is 7.12. The lowest BCUT2D eigenvalue weighted by molar-refractivity contribution is -0.192. The Labute approximate surface area is 183 Å². The minimum absolute atomic E-state index is 0.0128. The van der Waals surface area contributed by atoms with Crippen LogP contribution in [0.25, 0.3) is 0 Å². The number of carboxylic acid groups (broad SMARTS) is 1. The number of carbonyl (C=O) groups excluding carboxylic acids is 1. The van der Waals surface area contributed by atoms with Gasteiger partial charge in [0.2, 0.25) is 0 Å². The lowest BCUT2D eigenvalue weighted by Crippen LogP contribution is -2.38. The van der Waals surface area contributed by atoms with Crippen LogP contribution in [0.1, 0.15) is 23.3 Å². The van der Waals surface area contributed by atoms with E-state index in [1.54, 1.807) is 12.3 Å². The summed E-state index contributed by atoms with van der Waals surface area (Å²) >= 11 is 0. The molecule has 4 heterocycles. The Bertz CT molecular complexity index is 773. The predicted molar refractivity (Wildman–Crippen MR) is 105 cm³/mol. The summed E-state index contributed by atoms with van der Waals surface area (Å²) in [4.78, 5) is 27.7. The van der Waals surface area contributed by atoms with Gasteiger partial charge in [-0.05, 0) is 30.9 Å². The summed E-state index contributed by atoms with van der Waals surface area (Å²) in [6.45, 7) is 5.96. The van der Waals surface area contributed by atoms with E-state index in [4.69, 9.17) is 24.1 Å². The van der Waals surface area contributed by atoms with Crippen LogP contribution in [0.4, 0.5) is 13.2 Å². The van der Waals surface area contributed by atoms with E-state index in [1.165, 1.54) is 0 Å². The molecule has 1 N–H and O–H groups in total. The predicted octanol–water partition coefficient (Wildman–Crippen LogP) is 2.25. The van der Waals surface area contributed by atoms with E-state index in [0.717, 1.165) is 39.2 Å². The number of likely N-dealkylation sites (tertiary alicyclic amines) is 1. The number of halogens is 3. The Morgan fingerprint density at radius 2 is 1.97 bits per heavy atom. The quantitative estimate of drug-likeness (QED) is 0.720. The molecule has 3 saturated heterocycles. The Morgan fingerprint density at radius 3 is 2.59 bits per heavy atom. The van der Waals surface area contributed by atoms with Gasteiger partial charge in [-0.2, -0.15) is 13.2 Å². The number of aliphatic carboxylic acids is 1. The zero-order valence-corrected chi connectivity index (χ0v) is 17.6. The maximum absolute atomic E-state index is 12.7.